The highest BCUT2D eigenvalue weighted by molar-refractivity contribution is 5.88. The quantitative estimate of drug-likeness (QED) is 0.118. The molecule has 2 aliphatic carbocycles. The van der Waals surface area contributed by atoms with E-state index in [0.29, 0.717) is 37.1 Å². The molecular weight excluding hydrogens is 614 g/mol. The van der Waals surface area contributed by atoms with Gasteiger partial charge < -0.3 is 54.5 Å². The van der Waals surface area contributed by atoms with Gasteiger partial charge in [0, 0.05) is 23.6 Å². The Morgan fingerprint density at radius 1 is 1.07 bits per heavy atom. The van der Waals surface area contributed by atoms with Crippen LogP contribution < -0.4 is 4.74 Å². The number of hydrogen-bond donors (Lipinski definition) is 6. The van der Waals surface area contributed by atoms with Gasteiger partial charge in [0.25, 0.3) is 0 Å². The summed E-state index contributed by atoms with van der Waals surface area (Å²) in [4.78, 5) is 61.8. The molecule has 250 valence electrons. The van der Waals surface area contributed by atoms with Crippen molar-refractivity contribution in [3.05, 3.63) is 40.7 Å². The van der Waals surface area contributed by atoms with Gasteiger partial charge in [-0.25, -0.2) is 19.2 Å². The Hall–Kier alpha value is -4.09. The van der Waals surface area contributed by atoms with Crippen LogP contribution in [0.15, 0.2) is 24.0 Å². The number of benzene rings is 1. The van der Waals surface area contributed by atoms with Gasteiger partial charge >= 0.3 is 29.8 Å². The molecule has 1 aromatic carbocycles. The van der Waals surface area contributed by atoms with E-state index < -0.39 is 77.8 Å². The molecule has 0 unspecified atom stereocenters. The van der Waals surface area contributed by atoms with Crippen LogP contribution in [0.2, 0.25) is 0 Å². The molecule has 1 aromatic rings. The third-order valence-electron chi connectivity index (χ3n) is 9.37. The van der Waals surface area contributed by atoms with E-state index >= 15 is 0 Å². The molecule has 8 atom stereocenters. The van der Waals surface area contributed by atoms with Crippen LogP contribution in [0.5, 0.6) is 5.75 Å². The molecule has 16 nitrogen and oxygen atoms in total. The molecule has 5 rings (SSSR count). The molecule has 0 saturated carbocycles. The molecule has 2 bridgehead atoms. The van der Waals surface area contributed by atoms with Crippen LogP contribution in [0.4, 0.5) is 0 Å². The number of carbonyl (C=O) groups excluding carboxylic acids is 3. The number of likely N-dealkylation sites (N-methyl/N-ethyl adjacent to an activating group) is 1. The lowest BCUT2D eigenvalue weighted by Gasteiger charge is -2.56. The number of carboxylic acids is 2. The maximum absolute atomic E-state index is 13.1. The highest BCUT2D eigenvalue weighted by atomic mass is 16.6. The van der Waals surface area contributed by atoms with E-state index in [4.69, 9.17) is 24.4 Å². The zero-order chi connectivity index (χ0) is 33.7. The molecule has 4 aliphatic rings. The fourth-order valence-corrected chi connectivity index (χ4v) is 7.19. The largest absolute Gasteiger partial charge is 0.481 e. The fraction of sp³-hybridized carbons (Fsp3) is 0.567. The summed E-state index contributed by atoms with van der Waals surface area (Å²) in [6.07, 6.45) is -7.99. The average Bonchev–Trinajstić information content (AvgIpc) is 3.34. The Balaban J connectivity index is 1.32. The van der Waals surface area contributed by atoms with Crippen LogP contribution in [-0.4, -0.2) is 121 Å². The zero-order valence-electron chi connectivity index (χ0n) is 25.0. The summed E-state index contributed by atoms with van der Waals surface area (Å²) in [5, 5.41) is 61.1. The van der Waals surface area contributed by atoms with Crippen molar-refractivity contribution in [1.29, 1.82) is 0 Å². The molecule has 16 heteroatoms. The molecule has 46 heavy (non-hydrogen) atoms. The SMILES string of the molecule is C[C@H](OC(=O)[C@H](O)[C@@H](O)C(=O)OC1=CC[C@@]2(O)[C@H]3Cc4ccc(CO)c5c4[C@@]2(CCCN3C)[C@H]1O5)C(=O)O[C@H](CC(=O)O)C(=O)O. The lowest BCUT2D eigenvalue weighted by atomic mass is 9.52. The first-order chi connectivity index (χ1) is 21.7. The van der Waals surface area contributed by atoms with Crippen molar-refractivity contribution in [2.24, 2.45) is 0 Å². The van der Waals surface area contributed by atoms with Crippen LogP contribution in [0.1, 0.15) is 49.3 Å². The third-order valence-corrected chi connectivity index (χ3v) is 9.37. The van der Waals surface area contributed by atoms with Gasteiger partial charge in [-0.1, -0.05) is 12.1 Å². The first-order valence-electron chi connectivity index (χ1n) is 14.6. The molecule has 1 saturated heterocycles. The molecule has 2 heterocycles. The number of carbonyl (C=O) groups is 5. The van der Waals surface area contributed by atoms with Gasteiger partial charge in [0.05, 0.1) is 24.0 Å². The van der Waals surface area contributed by atoms with Crippen LogP contribution in [-0.2, 0) is 56.6 Å². The third kappa shape index (κ3) is 5.29. The van der Waals surface area contributed by atoms with Crippen LogP contribution in [0, 0.1) is 0 Å². The van der Waals surface area contributed by atoms with E-state index in [1.165, 1.54) is 6.08 Å². The van der Waals surface area contributed by atoms with Gasteiger partial charge in [0.1, 0.15) is 11.5 Å². The van der Waals surface area contributed by atoms with E-state index in [2.05, 4.69) is 9.64 Å². The van der Waals surface area contributed by atoms with E-state index in [9.17, 15) is 44.4 Å². The number of esters is 3. The van der Waals surface area contributed by atoms with Crippen molar-refractivity contribution in [2.45, 2.75) is 93.2 Å². The summed E-state index contributed by atoms with van der Waals surface area (Å²) < 4.78 is 21.1. The average molecular weight is 650 g/mol. The zero-order valence-corrected chi connectivity index (χ0v) is 25.0. The number of aliphatic hydroxyl groups is 4. The van der Waals surface area contributed by atoms with Gasteiger partial charge in [-0.05, 0) is 51.4 Å². The molecule has 0 amide bonds. The predicted molar refractivity (Wildman–Crippen MR) is 149 cm³/mol. The summed E-state index contributed by atoms with van der Waals surface area (Å²) in [6.45, 7) is 1.28. The molecule has 6 N–H and O–H groups in total. The second-order valence-electron chi connectivity index (χ2n) is 12.0. The van der Waals surface area contributed by atoms with Crippen LogP contribution in [0.3, 0.4) is 0 Å². The Kier molecular flexibility index (Phi) is 8.87. The van der Waals surface area contributed by atoms with Crippen molar-refractivity contribution in [3.8, 4) is 5.75 Å². The highest BCUT2D eigenvalue weighted by Gasteiger charge is 2.70. The van der Waals surface area contributed by atoms with Gasteiger partial charge in [-0.3, -0.25) is 4.79 Å². The lowest BCUT2D eigenvalue weighted by Crippen LogP contribution is -2.69. The molecule has 2 aliphatic heterocycles. The summed E-state index contributed by atoms with van der Waals surface area (Å²) in [6, 6.07) is 3.33. The number of aliphatic hydroxyl groups excluding tert-OH is 3. The fourth-order valence-electron chi connectivity index (χ4n) is 7.19. The maximum atomic E-state index is 13.1. The van der Waals surface area contributed by atoms with Crippen molar-refractivity contribution < 1.29 is 73.6 Å². The van der Waals surface area contributed by atoms with E-state index in [-0.39, 0.29) is 24.8 Å². The monoisotopic (exact) mass is 649 g/mol. The Morgan fingerprint density at radius 2 is 1.76 bits per heavy atom. The maximum Gasteiger partial charge on any atom is 0.348 e. The number of ether oxygens (including phenoxy) is 4. The van der Waals surface area contributed by atoms with Crippen molar-refractivity contribution in [3.63, 3.8) is 0 Å². The van der Waals surface area contributed by atoms with Gasteiger partial charge in [-0.2, -0.15) is 0 Å². The number of hydrogen-bond acceptors (Lipinski definition) is 14. The Bertz CT molecular complexity index is 1490. The van der Waals surface area contributed by atoms with Crippen LogP contribution in [0.25, 0.3) is 0 Å². The first kappa shape index (κ1) is 33.3. The minimum Gasteiger partial charge on any atom is -0.481 e. The topological polar surface area (TPSA) is 247 Å². The summed E-state index contributed by atoms with van der Waals surface area (Å²) in [5.74, 6) is -7.61. The lowest BCUT2D eigenvalue weighted by molar-refractivity contribution is -0.185. The number of likely N-dealkylation sites (tertiary alicyclic amines) is 1. The van der Waals surface area contributed by atoms with E-state index in [0.717, 1.165) is 18.1 Å². The van der Waals surface area contributed by atoms with E-state index in [1.54, 1.807) is 6.07 Å². The predicted octanol–water partition coefficient (Wildman–Crippen LogP) is -1.49. The number of nitrogens with zero attached hydrogens (tertiary/aromatic N) is 1. The summed E-state index contributed by atoms with van der Waals surface area (Å²) in [5.41, 5.74) is -0.280. The molecule has 0 aromatic heterocycles. The summed E-state index contributed by atoms with van der Waals surface area (Å²) in [7, 11) is 1.93. The first-order valence-corrected chi connectivity index (χ1v) is 14.6. The Morgan fingerprint density at radius 3 is 2.41 bits per heavy atom. The second kappa shape index (κ2) is 12.3. The Labute approximate surface area is 261 Å². The summed E-state index contributed by atoms with van der Waals surface area (Å²) >= 11 is 0. The normalized spacial score (nSPS) is 28.6. The minimum absolute atomic E-state index is 0.0479. The van der Waals surface area contributed by atoms with E-state index in [1.807, 2.05) is 13.1 Å². The highest BCUT2D eigenvalue weighted by Crippen LogP contribution is 2.64. The number of aliphatic carboxylic acids is 2. The number of carboxylic acid groups (broad SMARTS) is 2. The number of rotatable bonds is 11. The van der Waals surface area contributed by atoms with Gasteiger partial charge in [-0.15, -0.1) is 0 Å². The molecule has 1 spiro atoms. The van der Waals surface area contributed by atoms with Gasteiger partial charge in [0.15, 0.2) is 24.4 Å². The second-order valence-corrected chi connectivity index (χ2v) is 12.0. The van der Waals surface area contributed by atoms with Crippen molar-refractivity contribution in [2.75, 3.05) is 13.6 Å². The molecule has 0 radical (unpaired) electrons. The standard InChI is InChI=1S/C30H35NO15/c1-13(26(39)45-17(25(37)38)11-19(33)34)43-27(40)21(35)22(36)28(41)44-16-6-8-30(42)18-10-14-4-5-15(12-32)23-20(14)29(30,24(16)46-23)7-3-9-31(18)2/h4-6,13,17-18,21-22,24,32,35-36,42H,3,7-12H2,1-2H3,(H,33,34)(H,37,38)/t13-,17+,18+,21+,22+,24-,29-,30+/m0/s1. The van der Waals surface area contributed by atoms with Crippen LogP contribution >= 0.6 is 0 Å². The van der Waals surface area contributed by atoms with Gasteiger partial charge in [0.2, 0.25) is 6.10 Å². The smallest absolute Gasteiger partial charge is 0.348 e. The van der Waals surface area contributed by atoms with Crippen molar-refractivity contribution >= 4 is 29.8 Å². The molecular formula is C30H35NO15. The minimum atomic E-state index is -2.56. The van der Waals surface area contributed by atoms with Crippen molar-refractivity contribution in [1.82, 2.24) is 4.90 Å². The molecule has 1 fully saturated rings.